The molecule has 0 saturated carbocycles. The van der Waals surface area contributed by atoms with Crippen LogP contribution < -0.4 is 5.32 Å². The van der Waals surface area contributed by atoms with Crippen LogP contribution in [0.2, 0.25) is 0 Å². The molecule has 14 heavy (non-hydrogen) atoms. The summed E-state index contributed by atoms with van der Waals surface area (Å²) in [7, 11) is 1.40. The number of nitrogens with one attached hydrogen (secondary N) is 2. The second-order valence-electron chi connectivity index (χ2n) is 3.05. The van der Waals surface area contributed by atoms with Gasteiger partial charge in [0.05, 0.1) is 13.5 Å². The van der Waals surface area contributed by atoms with E-state index in [1.807, 2.05) is 18.5 Å². The first-order valence-corrected chi connectivity index (χ1v) is 4.72. The maximum Gasteiger partial charge on any atom is 0.306 e. The van der Waals surface area contributed by atoms with E-state index in [-0.39, 0.29) is 5.97 Å². The minimum Gasteiger partial charge on any atom is -0.469 e. The topological polar surface area (TPSA) is 54.1 Å². The molecule has 0 aliphatic rings. The quantitative estimate of drug-likeness (QED) is 0.520. The highest BCUT2D eigenvalue weighted by atomic mass is 16.5. The molecule has 0 fully saturated rings. The van der Waals surface area contributed by atoms with Crippen LogP contribution in [0.4, 0.5) is 0 Å². The molecule has 0 spiro atoms. The number of rotatable bonds is 6. The van der Waals surface area contributed by atoms with Gasteiger partial charge in [0.1, 0.15) is 0 Å². The lowest BCUT2D eigenvalue weighted by Crippen LogP contribution is -2.21. The summed E-state index contributed by atoms with van der Waals surface area (Å²) in [6, 6.07) is 2.04. The Morgan fingerprint density at radius 3 is 3.07 bits per heavy atom. The molecule has 0 atom stereocenters. The molecule has 0 aromatic carbocycles. The van der Waals surface area contributed by atoms with Gasteiger partial charge in [-0.25, -0.2) is 0 Å². The van der Waals surface area contributed by atoms with Gasteiger partial charge in [-0.2, -0.15) is 0 Å². The van der Waals surface area contributed by atoms with Gasteiger partial charge in [0.25, 0.3) is 0 Å². The van der Waals surface area contributed by atoms with Crippen molar-refractivity contribution in [1.29, 1.82) is 0 Å². The Morgan fingerprint density at radius 1 is 1.57 bits per heavy atom. The summed E-state index contributed by atoms with van der Waals surface area (Å²) in [4.78, 5) is 13.7. The molecule has 2 N–H and O–H groups in total. The minimum absolute atomic E-state index is 0.167. The highest BCUT2D eigenvalue weighted by Gasteiger charge is 1.98. The lowest BCUT2D eigenvalue weighted by Gasteiger charge is -2.02. The van der Waals surface area contributed by atoms with Crippen LogP contribution in [0.5, 0.6) is 0 Å². The fourth-order valence-corrected chi connectivity index (χ4v) is 1.16. The molecule has 0 aliphatic heterocycles. The molecular weight excluding hydrogens is 180 g/mol. The molecular formula is C10H16N2O2. The number of hydrogen-bond acceptors (Lipinski definition) is 3. The van der Waals surface area contributed by atoms with Crippen molar-refractivity contribution in [2.45, 2.75) is 12.8 Å². The van der Waals surface area contributed by atoms with Crippen LogP contribution >= 0.6 is 0 Å². The van der Waals surface area contributed by atoms with E-state index in [1.54, 1.807) is 0 Å². The van der Waals surface area contributed by atoms with Crippen LogP contribution in [-0.2, 0) is 16.0 Å². The summed E-state index contributed by atoms with van der Waals surface area (Å²) in [6.07, 6.45) is 5.29. The van der Waals surface area contributed by atoms with Crippen molar-refractivity contribution in [1.82, 2.24) is 10.3 Å². The van der Waals surface area contributed by atoms with Crippen LogP contribution in [0.1, 0.15) is 12.0 Å². The highest BCUT2D eigenvalue weighted by molar-refractivity contribution is 5.69. The Balaban J connectivity index is 1.97. The molecule has 1 heterocycles. The van der Waals surface area contributed by atoms with Gasteiger partial charge < -0.3 is 15.0 Å². The van der Waals surface area contributed by atoms with Crippen LogP contribution in [0.3, 0.4) is 0 Å². The fraction of sp³-hybridized carbons (Fsp3) is 0.500. The molecule has 0 saturated heterocycles. The van der Waals surface area contributed by atoms with Gasteiger partial charge in [-0.15, -0.1) is 0 Å². The number of H-pyrrole nitrogens is 1. The van der Waals surface area contributed by atoms with E-state index >= 15 is 0 Å². The SMILES string of the molecule is COC(=O)CCNCCc1cc[nH]c1. The second-order valence-corrected chi connectivity index (χ2v) is 3.05. The highest BCUT2D eigenvalue weighted by Crippen LogP contribution is 1.95. The molecule has 1 aromatic rings. The molecule has 0 amide bonds. The maximum absolute atomic E-state index is 10.7. The van der Waals surface area contributed by atoms with Gasteiger partial charge in [-0.1, -0.05) is 0 Å². The number of methoxy groups -OCH3 is 1. The van der Waals surface area contributed by atoms with Crippen molar-refractivity contribution < 1.29 is 9.53 Å². The first-order chi connectivity index (χ1) is 6.83. The lowest BCUT2D eigenvalue weighted by molar-refractivity contribution is -0.140. The summed E-state index contributed by atoms with van der Waals surface area (Å²) in [6.45, 7) is 1.56. The predicted octanol–water partition coefficient (Wildman–Crippen LogP) is 0.710. The summed E-state index contributed by atoms with van der Waals surface area (Å²) in [5.41, 5.74) is 1.27. The Hall–Kier alpha value is -1.29. The normalized spacial score (nSPS) is 10.1. The molecule has 4 heteroatoms. The number of ether oxygens (including phenoxy) is 1. The molecule has 0 unspecified atom stereocenters. The van der Waals surface area contributed by atoms with Crippen molar-refractivity contribution in [2.75, 3.05) is 20.2 Å². The Morgan fingerprint density at radius 2 is 2.43 bits per heavy atom. The number of aromatic amines is 1. The van der Waals surface area contributed by atoms with Gasteiger partial charge in [0.2, 0.25) is 0 Å². The van der Waals surface area contributed by atoms with Crippen LogP contribution in [0, 0.1) is 0 Å². The third-order valence-corrected chi connectivity index (χ3v) is 1.99. The third kappa shape index (κ3) is 4.09. The summed E-state index contributed by atoms with van der Waals surface area (Å²) < 4.78 is 4.52. The third-order valence-electron chi connectivity index (χ3n) is 1.99. The van der Waals surface area contributed by atoms with Crippen molar-refractivity contribution in [3.05, 3.63) is 24.0 Å². The van der Waals surface area contributed by atoms with Crippen molar-refractivity contribution in [3.63, 3.8) is 0 Å². The Bertz CT molecular complexity index is 257. The zero-order chi connectivity index (χ0) is 10.2. The molecule has 1 aromatic heterocycles. The zero-order valence-electron chi connectivity index (χ0n) is 8.38. The average Bonchev–Trinajstić information content (AvgIpc) is 2.69. The summed E-state index contributed by atoms with van der Waals surface area (Å²) in [5, 5.41) is 3.17. The van der Waals surface area contributed by atoms with Crippen molar-refractivity contribution in [3.8, 4) is 0 Å². The van der Waals surface area contributed by atoms with E-state index in [0.29, 0.717) is 13.0 Å². The molecule has 0 aliphatic carbocycles. The van der Waals surface area contributed by atoms with E-state index in [2.05, 4.69) is 15.0 Å². The first-order valence-electron chi connectivity index (χ1n) is 4.72. The van der Waals surface area contributed by atoms with E-state index in [9.17, 15) is 4.79 Å². The summed E-state index contributed by atoms with van der Waals surface area (Å²) >= 11 is 0. The zero-order valence-corrected chi connectivity index (χ0v) is 8.38. The van der Waals surface area contributed by atoms with Gasteiger partial charge >= 0.3 is 5.97 Å². The van der Waals surface area contributed by atoms with Gasteiger partial charge in [0.15, 0.2) is 0 Å². The average molecular weight is 196 g/mol. The molecule has 78 valence electrons. The van der Waals surface area contributed by atoms with Crippen LogP contribution in [0.25, 0.3) is 0 Å². The van der Waals surface area contributed by atoms with E-state index in [4.69, 9.17) is 0 Å². The van der Waals surface area contributed by atoms with E-state index in [0.717, 1.165) is 13.0 Å². The summed E-state index contributed by atoms with van der Waals surface area (Å²) in [5.74, 6) is -0.167. The van der Waals surface area contributed by atoms with Crippen LogP contribution in [0.15, 0.2) is 18.5 Å². The standard InChI is InChI=1S/C10H16N2O2/c1-14-10(13)4-7-11-5-2-9-3-6-12-8-9/h3,6,8,11-12H,2,4-5,7H2,1H3. The van der Waals surface area contributed by atoms with Crippen LogP contribution in [-0.4, -0.2) is 31.2 Å². The second kappa shape index (κ2) is 6.21. The Kier molecular flexibility index (Phi) is 4.78. The predicted molar refractivity (Wildman–Crippen MR) is 54.0 cm³/mol. The number of aromatic nitrogens is 1. The molecule has 4 nitrogen and oxygen atoms in total. The smallest absolute Gasteiger partial charge is 0.306 e. The van der Waals surface area contributed by atoms with Crippen molar-refractivity contribution >= 4 is 5.97 Å². The first kappa shape index (κ1) is 10.8. The minimum atomic E-state index is -0.167. The van der Waals surface area contributed by atoms with Gasteiger partial charge in [-0.05, 0) is 24.6 Å². The van der Waals surface area contributed by atoms with E-state index in [1.165, 1.54) is 12.7 Å². The fourth-order valence-electron chi connectivity index (χ4n) is 1.16. The number of carbonyl (C=O) groups is 1. The molecule has 0 radical (unpaired) electrons. The largest absolute Gasteiger partial charge is 0.469 e. The monoisotopic (exact) mass is 196 g/mol. The van der Waals surface area contributed by atoms with Gasteiger partial charge in [0, 0.05) is 18.9 Å². The molecule has 0 bridgehead atoms. The molecule has 1 rings (SSSR count). The van der Waals surface area contributed by atoms with Crippen molar-refractivity contribution in [2.24, 2.45) is 0 Å². The lowest BCUT2D eigenvalue weighted by atomic mass is 10.2. The Labute approximate surface area is 83.7 Å². The number of esters is 1. The van der Waals surface area contributed by atoms with Gasteiger partial charge in [-0.3, -0.25) is 4.79 Å². The maximum atomic E-state index is 10.7. The number of hydrogen-bond donors (Lipinski definition) is 2. The number of carbonyl (C=O) groups excluding carboxylic acids is 1. The van der Waals surface area contributed by atoms with E-state index < -0.39 is 0 Å².